The predicted octanol–water partition coefficient (Wildman–Crippen LogP) is 7.10. The highest BCUT2D eigenvalue weighted by atomic mass is 16.1. The minimum atomic E-state index is -0.597. The van der Waals surface area contributed by atoms with Crippen LogP contribution in [0.25, 0.3) is 4.85 Å². The Hall–Kier alpha value is -1.50. The van der Waals surface area contributed by atoms with Gasteiger partial charge in [0.25, 0.3) is 6.04 Å². The molecule has 0 aromatic rings. The molecule has 0 aliphatic heterocycles. The van der Waals surface area contributed by atoms with E-state index in [1.54, 1.807) is 6.92 Å². The highest BCUT2D eigenvalue weighted by Crippen LogP contribution is 2.76. The Morgan fingerprint density at radius 3 is 2.11 bits per heavy atom. The zero-order chi connectivity index (χ0) is 26.7. The number of hydrogen-bond acceptors (Lipinski definition) is 3. The van der Waals surface area contributed by atoms with Crippen molar-refractivity contribution < 1.29 is 14.4 Å². The lowest BCUT2D eigenvalue weighted by molar-refractivity contribution is -0.232. The summed E-state index contributed by atoms with van der Waals surface area (Å²) >= 11 is 0. The van der Waals surface area contributed by atoms with Crippen LogP contribution >= 0.6 is 0 Å². The second-order valence-corrected chi connectivity index (χ2v) is 15.8. The number of hydrogen-bond donors (Lipinski definition) is 0. The van der Waals surface area contributed by atoms with Gasteiger partial charge in [-0.05, 0) is 91.3 Å². The number of carbonyl (C=O) groups excluding carboxylic acids is 3. The van der Waals surface area contributed by atoms with Gasteiger partial charge in [-0.2, -0.15) is 0 Å². The van der Waals surface area contributed by atoms with Gasteiger partial charge < -0.3 is 4.85 Å². The van der Waals surface area contributed by atoms with E-state index in [9.17, 15) is 14.4 Å². The molecule has 0 amide bonds. The number of nitrogens with zero attached hydrogens (tertiary/aromatic N) is 1. The molecular formula is C32H47NO3. The van der Waals surface area contributed by atoms with E-state index in [-0.39, 0.29) is 56.5 Å². The third kappa shape index (κ3) is 3.01. The summed E-state index contributed by atoms with van der Waals surface area (Å²) < 4.78 is 0. The Kier molecular flexibility index (Phi) is 5.47. The average Bonchev–Trinajstić information content (AvgIpc) is 2.77. The van der Waals surface area contributed by atoms with Gasteiger partial charge in [-0.3, -0.25) is 14.4 Å². The molecular weight excluding hydrogens is 446 g/mol. The molecule has 0 radical (unpaired) electrons. The Labute approximate surface area is 218 Å². The van der Waals surface area contributed by atoms with Crippen molar-refractivity contribution in [1.29, 1.82) is 0 Å². The van der Waals surface area contributed by atoms with Crippen LogP contribution in [0.2, 0.25) is 0 Å². The van der Waals surface area contributed by atoms with Gasteiger partial charge in [-0.15, -0.1) is 0 Å². The molecule has 0 saturated heterocycles. The molecule has 9 atom stereocenters. The lowest BCUT2D eigenvalue weighted by Gasteiger charge is -2.72. The van der Waals surface area contributed by atoms with Gasteiger partial charge in [0.05, 0.1) is 0 Å². The standard InChI is InChI=1S/C32H47NO3/c1-19(34)32-14-12-27(2,3)17-20(32)25-22(35)16-24-29(6)18-21(33-9)26(36)28(4,5)23(29)10-11-30(24,7)31(25,8)13-15-32/h20-21,23-25H,10-18H2,1-8H3/t20-,21?,23-,24+,25-,29-,30+,31+,32+/m0/s1. The van der Waals surface area contributed by atoms with Gasteiger partial charge in [0, 0.05) is 29.6 Å². The van der Waals surface area contributed by atoms with Crippen molar-refractivity contribution >= 4 is 17.3 Å². The number of ketones is 3. The van der Waals surface area contributed by atoms with Crippen LogP contribution in [0.3, 0.4) is 0 Å². The maximum atomic E-state index is 14.4. The molecule has 1 unspecified atom stereocenters. The largest absolute Gasteiger partial charge is 0.305 e. The first-order valence-corrected chi connectivity index (χ1v) is 14.4. The van der Waals surface area contributed by atoms with Crippen molar-refractivity contribution in [3.63, 3.8) is 0 Å². The zero-order valence-corrected chi connectivity index (χ0v) is 23.9. The van der Waals surface area contributed by atoms with Gasteiger partial charge in [0.1, 0.15) is 11.6 Å². The summed E-state index contributed by atoms with van der Waals surface area (Å²) in [5, 5.41) is 0. The molecule has 36 heavy (non-hydrogen) atoms. The highest BCUT2D eigenvalue weighted by Gasteiger charge is 2.73. The van der Waals surface area contributed by atoms with E-state index in [0.717, 1.165) is 44.9 Å². The van der Waals surface area contributed by atoms with E-state index in [0.29, 0.717) is 24.4 Å². The van der Waals surface area contributed by atoms with E-state index in [1.165, 1.54) is 0 Å². The molecule has 5 rings (SSSR count). The Balaban J connectivity index is 1.62. The normalized spacial score (nSPS) is 51.1. The van der Waals surface area contributed by atoms with Gasteiger partial charge in [0.2, 0.25) is 5.78 Å². The van der Waals surface area contributed by atoms with Crippen LogP contribution in [0.1, 0.15) is 113 Å². The highest BCUT2D eigenvalue weighted by molar-refractivity contribution is 5.92. The van der Waals surface area contributed by atoms with Crippen LogP contribution < -0.4 is 0 Å². The second kappa shape index (κ2) is 7.54. The van der Waals surface area contributed by atoms with E-state index < -0.39 is 11.5 Å². The first-order valence-electron chi connectivity index (χ1n) is 14.4. The predicted molar refractivity (Wildman–Crippen MR) is 141 cm³/mol. The summed E-state index contributed by atoms with van der Waals surface area (Å²) in [5.74, 6) is 1.21. The van der Waals surface area contributed by atoms with Crippen LogP contribution in [0.5, 0.6) is 0 Å². The zero-order valence-electron chi connectivity index (χ0n) is 23.9. The lowest BCUT2D eigenvalue weighted by atomic mass is 9.31. The molecule has 0 aromatic heterocycles. The summed E-state index contributed by atoms with van der Waals surface area (Å²) in [4.78, 5) is 44.8. The number of carbonyl (C=O) groups is 3. The topological polar surface area (TPSA) is 55.6 Å². The number of fused-ring (bicyclic) bond motifs is 7. The summed E-state index contributed by atoms with van der Waals surface area (Å²) in [6.45, 7) is 25.5. The molecule has 5 saturated carbocycles. The van der Waals surface area contributed by atoms with Gasteiger partial charge >= 0.3 is 0 Å². The van der Waals surface area contributed by atoms with E-state index in [1.807, 2.05) is 0 Å². The van der Waals surface area contributed by atoms with Crippen LogP contribution in [0, 0.1) is 62.7 Å². The van der Waals surface area contributed by atoms with Crippen molar-refractivity contribution in [2.24, 2.45) is 56.2 Å². The molecule has 0 heterocycles. The first kappa shape index (κ1) is 26.1. The Morgan fingerprint density at radius 2 is 1.50 bits per heavy atom. The Morgan fingerprint density at radius 1 is 0.861 bits per heavy atom. The number of rotatable bonds is 1. The van der Waals surface area contributed by atoms with Gasteiger partial charge in [-0.25, -0.2) is 6.57 Å². The first-order chi connectivity index (χ1) is 16.5. The van der Waals surface area contributed by atoms with Crippen molar-refractivity contribution in [2.75, 3.05) is 0 Å². The molecule has 4 heteroatoms. The number of Topliss-reactive ketones (excluding diaryl/α,β-unsaturated/α-hetero) is 3. The lowest BCUT2D eigenvalue weighted by Crippen LogP contribution is -2.70. The molecule has 0 aromatic carbocycles. The molecule has 5 aliphatic carbocycles. The van der Waals surface area contributed by atoms with Crippen LogP contribution in [0.4, 0.5) is 0 Å². The summed E-state index contributed by atoms with van der Waals surface area (Å²) in [5.41, 5.74) is -1.12. The van der Waals surface area contributed by atoms with Crippen molar-refractivity contribution in [3.05, 3.63) is 11.4 Å². The third-order valence-electron chi connectivity index (χ3n) is 13.6. The second-order valence-electron chi connectivity index (χ2n) is 15.8. The monoisotopic (exact) mass is 493 g/mol. The average molecular weight is 494 g/mol. The molecule has 0 N–H and O–H groups in total. The quantitative estimate of drug-likeness (QED) is 0.366. The SMILES string of the molecule is [C-]#[N+]C1C[C@]2(C)[C@H]3CC(=O)[C@@H]4[C@@H]5CC(C)(C)CC[C@]5(C(C)=O)CC[C@@]4(C)[C@]3(C)CC[C@H]2C(C)(C)C1=O. The van der Waals surface area contributed by atoms with Crippen molar-refractivity contribution in [2.45, 2.75) is 119 Å². The molecule has 4 nitrogen and oxygen atoms in total. The summed E-state index contributed by atoms with van der Waals surface area (Å²) in [6, 6.07) is -0.597. The van der Waals surface area contributed by atoms with Crippen molar-refractivity contribution in [1.82, 2.24) is 0 Å². The summed E-state index contributed by atoms with van der Waals surface area (Å²) in [6.07, 6.45) is 7.92. The van der Waals surface area contributed by atoms with Crippen LogP contribution in [-0.2, 0) is 14.4 Å². The summed E-state index contributed by atoms with van der Waals surface area (Å²) in [7, 11) is 0. The Bertz CT molecular complexity index is 1070. The maximum Gasteiger partial charge on any atom is 0.281 e. The van der Waals surface area contributed by atoms with Gasteiger partial charge in [-0.1, -0.05) is 48.5 Å². The van der Waals surface area contributed by atoms with Crippen LogP contribution in [-0.4, -0.2) is 23.4 Å². The fourth-order valence-electron chi connectivity index (χ4n) is 11.4. The molecule has 5 aliphatic rings. The molecule has 0 spiro atoms. The minimum Gasteiger partial charge on any atom is -0.305 e. The third-order valence-corrected chi connectivity index (χ3v) is 13.6. The van der Waals surface area contributed by atoms with E-state index in [2.05, 4.69) is 53.3 Å². The van der Waals surface area contributed by atoms with Crippen LogP contribution in [0.15, 0.2) is 0 Å². The molecule has 198 valence electrons. The molecule has 5 fully saturated rings. The fourth-order valence-corrected chi connectivity index (χ4v) is 11.4. The van der Waals surface area contributed by atoms with E-state index in [4.69, 9.17) is 6.57 Å². The van der Waals surface area contributed by atoms with Gasteiger partial charge in [0.15, 0.2) is 0 Å². The van der Waals surface area contributed by atoms with Crippen molar-refractivity contribution in [3.8, 4) is 0 Å². The van der Waals surface area contributed by atoms with E-state index >= 15 is 0 Å². The molecule has 0 bridgehead atoms. The maximum absolute atomic E-state index is 14.4. The smallest absolute Gasteiger partial charge is 0.281 e. The minimum absolute atomic E-state index is 0.0373. The fraction of sp³-hybridized carbons (Fsp3) is 0.875.